The molecule has 0 saturated heterocycles. The lowest BCUT2D eigenvalue weighted by Crippen LogP contribution is -2.09. The summed E-state index contributed by atoms with van der Waals surface area (Å²) in [6, 6.07) is 5.44. The third-order valence-corrected chi connectivity index (χ3v) is 3.62. The summed E-state index contributed by atoms with van der Waals surface area (Å²) in [6.07, 6.45) is 0.586. The maximum absolute atomic E-state index is 6.16. The molecule has 19 heavy (non-hydrogen) atoms. The van der Waals surface area contributed by atoms with Crippen LogP contribution in [0.5, 0.6) is 0 Å². The molecule has 5 heteroatoms. The van der Waals surface area contributed by atoms with Gasteiger partial charge in [-0.05, 0) is 31.5 Å². The molecule has 0 radical (unpaired) electrons. The lowest BCUT2D eigenvalue weighted by atomic mass is 10.1. The normalized spacial score (nSPS) is 10.8. The van der Waals surface area contributed by atoms with Gasteiger partial charge in [-0.1, -0.05) is 29.3 Å². The highest BCUT2D eigenvalue weighted by Crippen LogP contribution is 2.23. The first-order valence-corrected chi connectivity index (χ1v) is 6.74. The van der Waals surface area contributed by atoms with Crippen molar-refractivity contribution in [3.63, 3.8) is 0 Å². The van der Waals surface area contributed by atoms with Crippen LogP contribution < -0.4 is 5.73 Å². The monoisotopic (exact) mass is 295 g/mol. The molecule has 0 bridgehead atoms. The topological polar surface area (TPSA) is 51.8 Å². The predicted molar refractivity (Wildman–Crippen MR) is 78.7 cm³/mol. The Morgan fingerprint density at radius 2 is 1.74 bits per heavy atom. The van der Waals surface area contributed by atoms with Gasteiger partial charge in [0.05, 0.1) is 0 Å². The number of benzene rings is 1. The molecular weight excluding hydrogens is 281 g/mol. The number of nitrogens with two attached hydrogens (primary N) is 1. The fraction of sp³-hybridized carbons (Fsp3) is 0.286. The van der Waals surface area contributed by atoms with E-state index in [-0.39, 0.29) is 0 Å². The highest BCUT2D eigenvalue weighted by Gasteiger charge is 2.09. The maximum Gasteiger partial charge on any atom is 0.133 e. The van der Waals surface area contributed by atoms with Crippen LogP contribution in [0.4, 0.5) is 0 Å². The Balaban J connectivity index is 2.33. The van der Waals surface area contributed by atoms with E-state index in [1.54, 1.807) is 6.07 Å². The zero-order chi connectivity index (χ0) is 14.0. The van der Waals surface area contributed by atoms with Gasteiger partial charge in [0.1, 0.15) is 5.82 Å². The highest BCUT2D eigenvalue weighted by atomic mass is 35.5. The Labute approximate surface area is 122 Å². The number of aromatic nitrogens is 2. The average molecular weight is 296 g/mol. The van der Waals surface area contributed by atoms with Crippen LogP contribution in [0.3, 0.4) is 0 Å². The van der Waals surface area contributed by atoms with E-state index in [4.69, 9.17) is 28.9 Å². The van der Waals surface area contributed by atoms with Gasteiger partial charge in [0.15, 0.2) is 0 Å². The Morgan fingerprint density at radius 3 is 2.26 bits per heavy atom. The molecule has 0 aliphatic rings. The van der Waals surface area contributed by atoms with Gasteiger partial charge < -0.3 is 5.73 Å². The lowest BCUT2D eigenvalue weighted by Gasteiger charge is -2.10. The third-order valence-electron chi connectivity index (χ3n) is 3.03. The Hall–Kier alpha value is -1.16. The van der Waals surface area contributed by atoms with Crippen molar-refractivity contribution in [1.82, 2.24) is 9.97 Å². The molecule has 3 nitrogen and oxygen atoms in total. The van der Waals surface area contributed by atoms with Crippen molar-refractivity contribution < 1.29 is 0 Å². The predicted octanol–water partition coefficient (Wildman–Crippen LogP) is 3.45. The molecule has 2 aromatic rings. The van der Waals surface area contributed by atoms with Gasteiger partial charge >= 0.3 is 0 Å². The molecule has 1 aromatic heterocycles. The van der Waals surface area contributed by atoms with Crippen molar-refractivity contribution in [2.45, 2.75) is 26.8 Å². The molecule has 0 unspecified atom stereocenters. The van der Waals surface area contributed by atoms with Gasteiger partial charge in [-0.3, -0.25) is 0 Å². The number of aryl methyl sites for hydroxylation is 2. The van der Waals surface area contributed by atoms with Crippen LogP contribution in [0.1, 0.15) is 28.3 Å². The fourth-order valence-electron chi connectivity index (χ4n) is 2.02. The summed E-state index contributed by atoms with van der Waals surface area (Å²) < 4.78 is 0. The first-order valence-electron chi connectivity index (χ1n) is 5.98. The van der Waals surface area contributed by atoms with Crippen molar-refractivity contribution in [3.8, 4) is 0 Å². The summed E-state index contributed by atoms with van der Waals surface area (Å²) in [7, 11) is 0. The van der Waals surface area contributed by atoms with Gasteiger partial charge in [0.25, 0.3) is 0 Å². The highest BCUT2D eigenvalue weighted by molar-refractivity contribution is 6.35. The summed E-state index contributed by atoms with van der Waals surface area (Å²) >= 11 is 12.0. The van der Waals surface area contributed by atoms with Crippen molar-refractivity contribution >= 4 is 23.2 Å². The standard InChI is InChI=1S/C14H15Cl2N3/c1-8-12(7-17)9(2)19-14(18-8)5-10-3-4-11(15)6-13(10)16/h3-4,6H,5,7,17H2,1-2H3. The van der Waals surface area contributed by atoms with Crippen LogP contribution in [0, 0.1) is 13.8 Å². The van der Waals surface area contributed by atoms with Crippen LogP contribution in [-0.4, -0.2) is 9.97 Å². The van der Waals surface area contributed by atoms with E-state index < -0.39 is 0 Å². The van der Waals surface area contributed by atoms with Crippen LogP contribution in [0.2, 0.25) is 10.0 Å². The van der Waals surface area contributed by atoms with E-state index in [9.17, 15) is 0 Å². The molecule has 0 fully saturated rings. The summed E-state index contributed by atoms with van der Waals surface area (Å²) in [5.74, 6) is 0.747. The Morgan fingerprint density at radius 1 is 1.11 bits per heavy atom. The van der Waals surface area contributed by atoms with E-state index in [0.717, 1.165) is 28.3 Å². The van der Waals surface area contributed by atoms with Gasteiger partial charge in [-0.15, -0.1) is 0 Å². The van der Waals surface area contributed by atoms with Crippen LogP contribution in [0.15, 0.2) is 18.2 Å². The van der Waals surface area contributed by atoms with Crippen LogP contribution >= 0.6 is 23.2 Å². The third kappa shape index (κ3) is 3.24. The van der Waals surface area contributed by atoms with Crippen molar-refractivity contribution in [2.75, 3.05) is 0 Å². The zero-order valence-electron chi connectivity index (χ0n) is 10.9. The van der Waals surface area contributed by atoms with Crippen molar-refractivity contribution in [3.05, 3.63) is 56.6 Å². The number of halogens is 2. The lowest BCUT2D eigenvalue weighted by molar-refractivity contribution is 0.867. The molecule has 0 amide bonds. The largest absolute Gasteiger partial charge is 0.326 e. The molecular formula is C14H15Cl2N3. The minimum atomic E-state index is 0.458. The summed E-state index contributed by atoms with van der Waals surface area (Å²) in [4.78, 5) is 8.96. The molecule has 0 spiro atoms. The molecule has 0 saturated carbocycles. The SMILES string of the molecule is Cc1nc(Cc2ccc(Cl)cc2Cl)nc(C)c1CN. The van der Waals surface area contributed by atoms with Gasteiger partial charge in [-0.2, -0.15) is 0 Å². The molecule has 2 N–H and O–H groups in total. The fourth-order valence-corrected chi connectivity index (χ4v) is 2.49. The number of nitrogens with zero attached hydrogens (tertiary/aromatic N) is 2. The Bertz CT molecular complexity index is 589. The van der Waals surface area contributed by atoms with E-state index in [0.29, 0.717) is 23.0 Å². The summed E-state index contributed by atoms with van der Waals surface area (Å²) in [5, 5.41) is 1.26. The molecule has 100 valence electrons. The number of hydrogen-bond donors (Lipinski definition) is 1. The van der Waals surface area contributed by atoms with Gasteiger partial charge in [-0.25, -0.2) is 9.97 Å². The van der Waals surface area contributed by atoms with Gasteiger partial charge in [0.2, 0.25) is 0 Å². The molecule has 1 aromatic carbocycles. The van der Waals surface area contributed by atoms with E-state index in [2.05, 4.69) is 9.97 Å². The minimum absolute atomic E-state index is 0.458. The van der Waals surface area contributed by atoms with Crippen LogP contribution in [-0.2, 0) is 13.0 Å². The maximum atomic E-state index is 6.16. The molecule has 1 heterocycles. The first-order chi connectivity index (χ1) is 9.01. The second-order valence-corrected chi connectivity index (χ2v) is 5.25. The average Bonchev–Trinajstić information content (AvgIpc) is 2.32. The quantitative estimate of drug-likeness (QED) is 0.943. The zero-order valence-corrected chi connectivity index (χ0v) is 12.4. The molecule has 0 aliphatic heterocycles. The van der Waals surface area contributed by atoms with Crippen LogP contribution in [0.25, 0.3) is 0 Å². The smallest absolute Gasteiger partial charge is 0.133 e. The molecule has 0 atom stereocenters. The second-order valence-electron chi connectivity index (χ2n) is 4.41. The van der Waals surface area contributed by atoms with E-state index >= 15 is 0 Å². The number of rotatable bonds is 3. The first kappa shape index (κ1) is 14.3. The van der Waals surface area contributed by atoms with E-state index in [1.807, 2.05) is 26.0 Å². The van der Waals surface area contributed by atoms with E-state index in [1.165, 1.54) is 0 Å². The van der Waals surface area contributed by atoms with Crippen molar-refractivity contribution in [2.24, 2.45) is 5.73 Å². The Kier molecular flexibility index (Phi) is 4.40. The summed E-state index contributed by atoms with van der Waals surface area (Å²) in [5.41, 5.74) is 9.50. The summed E-state index contributed by atoms with van der Waals surface area (Å²) in [6.45, 7) is 4.35. The number of hydrogen-bond acceptors (Lipinski definition) is 3. The second kappa shape index (κ2) is 5.87. The molecule has 0 aliphatic carbocycles. The minimum Gasteiger partial charge on any atom is -0.326 e. The van der Waals surface area contributed by atoms with Crippen molar-refractivity contribution in [1.29, 1.82) is 0 Å². The molecule has 2 rings (SSSR count). The van der Waals surface area contributed by atoms with Gasteiger partial charge in [0, 0.05) is 40.0 Å².